The lowest BCUT2D eigenvalue weighted by Gasteiger charge is -2.08. The molecule has 2 rings (SSSR count). The van der Waals surface area contributed by atoms with Crippen molar-refractivity contribution in [2.45, 2.75) is 0 Å². The molecule has 0 aliphatic heterocycles. The van der Waals surface area contributed by atoms with E-state index >= 15 is 0 Å². The van der Waals surface area contributed by atoms with Gasteiger partial charge in [0.25, 0.3) is 5.91 Å². The van der Waals surface area contributed by atoms with E-state index in [1.165, 1.54) is 18.2 Å². The van der Waals surface area contributed by atoms with Gasteiger partial charge in [-0.05, 0) is 52.3 Å². The van der Waals surface area contributed by atoms with Crippen molar-refractivity contribution < 1.29 is 14.7 Å². The molecule has 20 heavy (non-hydrogen) atoms. The second-order valence-corrected chi connectivity index (χ2v) is 5.26. The van der Waals surface area contributed by atoms with Gasteiger partial charge in [-0.3, -0.25) is 4.79 Å². The fourth-order valence-electron chi connectivity index (χ4n) is 1.58. The molecule has 6 heteroatoms. The first-order chi connectivity index (χ1) is 9.47. The summed E-state index contributed by atoms with van der Waals surface area (Å²) in [6.07, 6.45) is 0. The third-order valence-corrected chi connectivity index (χ3v) is 3.44. The lowest BCUT2D eigenvalue weighted by molar-refractivity contribution is 0.0697. The Morgan fingerprint density at radius 1 is 1.10 bits per heavy atom. The van der Waals surface area contributed by atoms with Crippen molar-refractivity contribution >= 4 is 45.1 Å². The molecule has 4 nitrogen and oxygen atoms in total. The van der Waals surface area contributed by atoms with Gasteiger partial charge in [-0.15, -0.1) is 0 Å². The molecule has 0 spiro atoms. The number of aromatic carboxylic acids is 1. The van der Waals surface area contributed by atoms with Crippen LogP contribution in [0, 0.1) is 0 Å². The van der Waals surface area contributed by atoms with Gasteiger partial charge in [0.2, 0.25) is 0 Å². The zero-order valence-electron chi connectivity index (χ0n) is 10.1. The second-order valence-electron chi connectivity index (χ2n) is 3.96. The van der Waals surface area contributed by atoms with Crippen LogP contribution in [0.15, 0.2) is 46.9 Å². The Morgan fingerprint density at radius 3 is 2.45 bits per heavy atom. The van der Waals surface area contributed by atoms with E-state index < -0.39 is 11.9 Å². The van der Waals surface area contributed by atoms with Crippen LogP contribution >= 0.6 is 27.5 Å². The highest BCUT2D eigenvalue weighted by Gasteiger charge is 2.11. The van der Waals surface area contributed by atoms with Crippen LogP contribution in [0.25, 0.3) is 0 Å². The first-order valence-electron chi connectivity index (χ1n) is 5.57. The molecule has 2 aromatic rings. The number of carboxylic acid groups (broad SMARTS) is 1. The summed E-state index contributed by atoms with van der Waals surface area (Å²) in [7, 11) is 0. The Bertz CT molecular complexity index is 688. The average molecular weight is 355 g/mol. The summed E-state index contributed by atoms with van der Waals surface area (Å²) in [5.41, 5.74) is 0.889. The number of nitrogens with one attached hydrogen (secondary N) is 1. The summed E-state index contributed by atoms with van der Waals surface area (Å²) in [5.74, 6) is -1.47. The van der Waals surface area contributed by atoms with E-state index in [9.17, 15) is 9.59 Å². The predicted octanol–water partition coefficient (Wildman–Crippen LogP) is 4.05. The number of benzene rings is 2. The van der Waals surface area contributed by atoms with Gasteiger partial charge in [0.15, 0.2) is 0 Å². The molecule has 0 bridgehead atoms. The van der Waals surface area contributed by atoms with Crippen LogP contribution in [0.1, 0.15) is 20.7 Å². The minimum absolute atomic E-state index is 0.0628. The van der Waals surface area contributed by atoms with E-state index in [-0.39, 0.29) is 11.1 Å². The van der Waals surface area contributed by atoms with E-state index in [1.54, 1.807) is 24.3 Å². The summed E-state index contributed by atoms with van der Waals surface area (Å²) in [6.45, 7) is 0. The predicted molar refractivity (Wildman–Crippen MR) is 80.5 cm³/mol. The zero-order valence-corrected chi connectivity index (χ0v) is 12.4. The minimum Gasteiger partial charge on any atom is -0.478 e. The summed E-state index contributed by atoms with van der Waals surface area (Å²) >= 11 is 9.11. The molecule has 0 radical (unpaired) electrons. The third kappa shape index (κ3) is 3.37. The van der Waals surface area contributed by atoms with Crippen molar-refractivity contribution in [2.75, 3.05) is 5.32 Å². The Labute approximate surface area is 128 Å². The summed E-state index contributed by atoms with van der Waals surface area (Å²) < 4.78 is 0.646. The average Bonchev–Trinajstić information content (AvgIpc) is 2.42. The molecule has 0 fully saturated rings. The van der Waals surface area contributed by atoms with E-state index in [2.05, 4.69) is 21.2 Å². The summed E-state index contributed by atoms with van der Waals surface area (Å²) in [4.78, 5) is 22.9. The van der Waals surface area contributed by atoms with Crippen LogP contribution in [0.5, 0.6) is 0 Å². The Morgan fingerprint density at radius 2 is 1.80 bits per heavy atom. The Balaban J connectivity index is 2.24. The van der Waals surface area contributed by atoms with E-state index in [1.807, 2.05) is 0 Å². The number of amides is 1. The number of rotatable bonds is 3. The highest BCUT2D eigenvalue weighted by atomic mass is 79.9. The molecule has 2 aromatic carbocycles. The van der Waals surface area contributed by atoms with Crippen LogP contribution in [-0.2, 0) is 0 Å². The first kappa shape index (κ1) is 14.6. The fourth-order valence-corrected chi connectivity index (χ4v) is 2.36. The topological polar surface area (TPSA) is 66.4 Å². The standard InChI is InChI=1S/C14H9BrClNO3/c15-11-7-10(16)4-5-12(11)17-13(18)8-2-1-3-9(6-8)14(19)20/h1-7H,(H,17,18)(H,19,20). The number of halogens is 2. The molecular formula is C14H9BrClNO3. The smallest absolute Gasteiger partial charge is 0.335 e. The van der Waals surface area contributed by atoms with E-state index in [0.717, 1.165) is 0 Å². The molecule has 2 N–H and O–H groups in total. The third-order valence-electron chi connectivity index (χ3n) is 2.55. The quantitative estimate of drug-likeness (QED) is 0.874. The molecular weight excluding hydrogens is 346 g/mol. The van der Waals surface area contributed by atoms with Gasteiger partial charge < -0.3 is 10.4 Å². The van der Waals surface area contributed by atoms with Gasteiger partial charge in [0.1, 0.15) is 0 Å². The monoisotopic (exact) mass is 353 g/mol. The number of hydrogen-bond acceptors (Lipinski definition) is 2. The van der Waals surface area contributed by atoms with Gasteiger partial charge in [-0.25, -0.2) is 4.79 Å². The van der Waals surface area contributed by atoms with E-state index in [4.69, 9.17) is 16.7 Å². The molecule has 0 aromatic heterocycles. The number of carboxylic acids is 1. The molecule has 1 amide bonds. The van der Waals surface area contributed by atoms with Crippen molar-refractivity contribution in [3.05, 3.63) is 63.1 Å². The number of carbonyl (C=O) groups excluding carboxylic acids is 1. The number of carbonyl (C=O) groups is 2. The van der Waals surface area contributed by atoms with Crippen LogP contribution in [0.3, 0.4) is 0 Å². The Kier molecular flexibility index (Phi) is 4.42. The molecule has 0 aliphatic rings. The van der Waals surface area contributed by atoms with Crippen LogP contribution in [0.4, 0.5) is 5.69 Å². The zero-order chi connectivity index (χ0) is 14.7. The minimum atomic E-state index is -1.08. The molecule has 0 aliphatic carbocycles. The highest BCUT2D eigenvalue weighted by Crippen LogP contribution is 2.26. The lowest BCUT2D eigenvalue weighted by Crippen LogP contribution is -2.13. The maximum absolute atomic E-state index is 12.1. The number of anilines is 1. The van der Waals surface area contributed by atoms with Crippen LogP contribution < -0.4 is 5.32 Å². The Hall–Kier alpha value is -1.85. The fraction of sp³-hybridized carbons (Fsp3) is 0. The van der Waals surface area contributed by atoms with Gasteiger partial charge in [0.05, 0.1) is 11.3 Å². The summed E-state index contributed by atoms with van der Waals surface area (Å²) in [6, 6.07) is 10.8. The van der Waals surface area contributed by atoms with E-state index in [0.29, 0.717) is 15.2 Å². The molecule has 102 valence electrons. The maximum atomic E-state index is 12.1. The van der Waals surface area contributed by atoms with Crippen molar-refractivity contribution in [1.29, 1.82) is 0 Å². The van der Waals surface area contributed by atoms with Gasteiger partial charge >= 0.3 is 5.97 Å². The summed E-state index contributed by atoms with van der Waals surface area (Å²) in [5, 5.41) is 12.1. The van der Waals surface area contributed by atoms with Crippen molar-refractivity contribution in [1.82, 2.24) is 0 Å². The largest absolute Gasteiger partial charge is 0.478 e. The van der Waals surface area contributed by atoms with Gasteiger partial charge in [-0.2, -0.15) is 0 Å². The molecule has 0 saturated heterocycles. The van der Waals surface area contributed by atoms with Crippen LogP contribution in [-0.4, -0.2) is 17.0 Å². The van der Waals surface area contributed by atoms with Crippen molar-refractivity contribution in [2.24, 2.45) is 0 Å². The SMILES string of the molecule is O=C(O)c1cccc(C(=O)Nc2ccc(Cl)cc2Br)c1. The molecule has 0 unspecified atom stereocenters. The van der Waals surface area contributed by atoms with Crippen molar-refractivity contribution in [3.8, 4) is 0 Å². The first-order valence-corrected chi connectivity index (χ1v) is 6.74. The van der Waals surface area contributed by atoms with Gasteiger partial charge in [0, 0.05) is 15.1 Å². The maximum Gasteiger partial charge on any atom is 0.335 e. The molecule has 0 atom stereocenters. The lowest BCUT2D eigenvalue weighted by atomic mass is 10.1. The molecule has 0 heterocycles. The van der Waals surface area contributed by atoms with Crippen LogP contribution in [0.2, 0.25) is 5.02 Å². The van der Waals surface area contributed by atoms with Crippen molar-refractivity contribution in [3.63, 3.8) is 0 Å². The van der Waals surface area contributed by atoms with Gasteiger partial charge in [-0.1, -0.05) is 17.7 Å². The normalized spacial score (nSPS) is 10.1. The molecule has 0 saturated carbocycles. The second kappa shape index (κ2) is 6.07. The number of hydrogen-bond donors (Lipinski definition) is 2. The highest BCUT2D eigenvalue weighted by molar-refractivity contribution is 9.10.